The quantitative estimate of drug-likeness (QED) is 0.179. The van der Waals surface area contributed by atoms with Crippen LogP contribution in [0.15, 0.2) is 30.3 Å². The van der Waals surface area contributed by atoms with E-state index in [0.29, 0.717) is 12.3 Å². The molecular formula is C37H69N3O5S. The number of sulfone groups is 1. The van der Waals surface area contributed by atoms with Crippen molar-refractivity contribution < 1.29 is 23.1 Å². The van der Waals surface area contributed by atoms with Crippen molar-refractivity contribution in [3.05, 3.63) is 35.9 Å². The molecule has 2 atom stereocenters. The summed E-state index contributed by atoms with van der Waals surface area (Å²) in [6.07, 6.45) is 13.1. The van der Waals surface area contributed by atoms with E-state index in [2.05, 4.69) is 63.3 Å². The fraction of sp³-hybridized carbons (Fsp3) is 0.730. The summed E-state index contributed by atoms with van der Waals surface area (Å²) in [7, 11) is -3.39. The Bertz CT molecular complexity index is 999. The summed E-state index contributed by atoms with van der Waals surface area (Å²) in [6.45, 7) is 19.1. The van der Waals surface area contributed by atoms with Gasteiger partial charge in [-0.05, 0) is 37.5 Å². The van der Waals surface area contributed by atoms with Gasteiger partial charge in [0.1, 0.15) is 6.04 Å². The highest BCUT2D eigenvalue weighted by molar-refractivity contribution is 7.91. The van der Waals surface area contributed by atoms with Gasteiger partial charge in [-0.3, -0.25) is 9.59 Å². The molecule has 1 aliphatic carbocycles. The number of carbonyl (C=O) groups excluding carboxylic acids is 2. The standard InChI is InChI=1S/C17H31N3O5S.C7H14.C7H8.C4H10.C2H6/c1-4-5-15(17(23)19-12-14(21)7-6-13(2)3)20-16(22)8-10-26(24,25)11-9-18;2*1-7-5-3-2-4-6-7;1-4(2)3;1-2/h1,13-15,21H,5-12,18H2,2-3H3,(H,19,23)(H,20,22);7H,2-6H2,1H3;2-6H,1H3;4H,1-3H3;1-2H3/t14-,15-;;;;/m0..../s1. The van der Waals surface area contributed by atoms with Crippen molar-refractivity contribution in [3.8, 4) is 12.3 Å². The molecule has 1 saturated carbocycles. The number of carbonyl (C=O) groups is 2. The number of hydrogen-bond donors (Lipinski definition) is 4. The third kappa shape index (κ3) is 34.5. The van der Waals surface area contributed by atoms with Crippen LogP contribution >= 0.6 is 0 Å². The van der Waals surface area contributed by atoms with Crippen molar-refractivity contribution in [2.45, 2.75) is 132 Å². The van der Waals surface area contributed by atoms with Gasteiger partial charge in [-0.25, -0.2) is 8.42 Å². The molecule has 5 N–H and O–H groups in total. The minimum absolute atomic E-state index is 0.00872. The molecule has 9 heteroatoms. The Labute approximate surface area is 283 Å². The Hall–Kier alpha value is -2.41. The van der Waals surface area contributed by atoms with Gasteiger partial charge in [-0.2, -0.15) is 0 Å². The van der Waals surface area contributed by atoms with Gasteiger partial charge in [0.15, 0.2) is 9.84 Å². The first-order valence-electron chi connectivity index (χ1n) is 17.2. The lowest BCUT2D eigenvalue weighted by molar-refractivity contribution is -0.129. The van der Waals surface area contributed by atoms with Crippen molar-refractivity contribution in [3.63, 3.8) is 0 Å². The molecule has 0 bridgehead atoms. The fourth-order valence-corrected chi connectivity index (χ4v) is 4.99. The predicted octanol–water partition coefficient (Wildman–Crippen LogP) is 6.44. The number of nitrogens with two attached hydrogens (primary N) is 1. The first-order chi connectivity index (χ1) is 21.6. The van der Waals surface area contributed by atoms with Crippen LogP contribution in [0.5, 0.6) is 0 Å². The maximum Gasteiger partial charge on any atom is 0.243 e. The molecule has 1 aromatic rings. The van der Waals surface area contributed by atoms with Gasteiger partial charge in [0.05, 0.1) is 17.6 Å². The SMILES string of the molecule is C#CC[C@H](NC(=O)CCS(=O)(=O)CCN)C(=O)NC[C@@H](O)CCC(C)C.CC.CC(C)C.CC1CCCCC1.Cc1ccccc1. The van der Waals surface area contributed by atoms with E-state index in [0.717, 1.165) is 18.3 Å². The van der Waals surface area contributed by atoms with Crippen LogP contribution in [-0.2, 0) is 19.4 Å². The van der Waals surface area contributed by atoms with E-state index < -0.39 is 33.8 Å². The van der Waals surface area contributed by atoms with Crippen LogP contribution in [0.25, 0.3) is 0 Å². The Balaban J connectivity index is -0.000000732. The van der Waals surface area contributed by atoms with Crippen LogP contribution in [0, 0.1) is 37.0 Å². The fourth-order valence-electron chi connectivity index (χ4n) is 3.93. The molecule has 0 saturated heterocycles. The number of aryl methyl sites for hydroxylation is 1. The van der Waals surface area contributed by atoms with Gasteiger partial charge in [0.2, 0.25) is 11.8 Å². The summed E-state index contributed by atoms with van der Waals surface area (Å²) in [5.41, 5.74) is 6.52. The van der Waals surface area contributed by atoms with E-state index in [1.165, 1.54) is 37.7 Å². The van der Waals surface area contributed by atoms with Crippen LogP contribution in [0.2, 0.25) is 0 Å². The van der Waals surface area contributed by atoms with E-state index >= 15 is 0 Å². The smallest absolute Gasteiger partial charge is 0.243 e. The van der Waals surface area contributed by atoms with Crippen molar-refractivity contribution >= 4 is 21.7 Å². The van der Waals surface area contributed by atoms with Crippen molar-refractivity contribution in [1.29, 1.82) is 0 Å². The number of amides is 2. The van der Waals surface area contributed by atoms with Gasteiger partial charge in [-0.15, -0.1) is 12.3 Å². The van der Waals surface area contributed by atoms with Crippen molar-refractivity contribution in [2.75, 3.05) is 24.6 Å². The predicted molar refractivity (Wildman–Crippen MR) is 196 cm³/mol. The molecule has 2 rings (SSSR count). The number of nitrogens with one attached hydrogen (secondary N) is 2. The number of aliphatic hydroxyl groups excluding tert-OH is 1. The molecule has 46 heavy (non-hydrogen) atoms. The van der Waals surface area contributed by atoms with E-state index in [1.807, 2.05) is 45.9 Å². The van der Waals surface area contributed by atoms with E-state index in [-0.39, 0.29) is 37.4 Å². The summed E-state index contributed by atoms with van der Waals surface area (Å²) in [5.74, 6) is 3.00. The Morgan fingerprint density at radius 3 is 1.93 bits per heavy atom. The summed E-state index contributed by atoms with van der Waals surface area (Å²) in [5, 5.41) is 14.8. The van der Waals surface area contributed by atoms with Crippen molar-refractivity contribution in [1.82, 2.24) is 10.6 Å². The average Bonchev–Trinajstić information content (AvgIpc) is 3.00. The van der Waals surface area contributed by atoms with Gasteiger partial charge < -0.3 is 21.5 Å². The molecule has 1 aromatic carbocycles. The molecular weight excluding hydrogens is 598 g/mol. The molecule has 0 aromatic heterocycles. The third-order valence-corrected chi connectivity index (χ3v) is 8.15. The van der Waals surface area contributed by atoms with Gasteiger partial charge >= 0.3 is 0 Å². The normalized spacial score (nSPS) is 13.8. The molecule has 1 fully saturated rings. The molecule has 8 nitrogen and oxygen atoms in total. The highest BCUT2D eigenvalue weighted by atomic mass is 32.2. The van der Waals surface area contributed by atoms with Gasteiger partial charge in [0.25, 0.3) is 0 Å². The molecule has 0 unspecified atom stereocenters. The van der Waals surface area contributed by atoms with Gasteiger partial charge in [0, 0.05) is 25.9 Å². The Morgan fingerprint density at radius 2 is 1.54 bits per heavy atom. The van der Waals surface area contributed by atoms with Crippen LogP contribution in [0.4, 0.5) is 0 Å². The summed E-state index contributed by atoms with van der Waals surface area (Å²) in [4.78, 5) is 24.0. The van der Waals surface area contributed by atoms with Crippen LogP contribution in [-0.4, -0.2) is 62.1 Å². The zero-order valence-corrected chi connectivity index (χ0v) is 31.4. The maximum atomic E-state index is 12.1. The van der Waals surface area contributed by atoms with Crippen LogP contribution in [0.3, 0.4) is 0 Å². The monoisotopic (exact) mass is 667 g/mol. The van der Waals surface area contributed by atoms with E-state index in [4.69, 9.17) is 12.2 Å². The van der Waals surface area contributed by atoms with Crippen LogP contribution < -0.4 is 16.4 Å². The molecule has 0 aliphatic heterocycles. The van der Waals surface area contributed by atoms with Gasteiger partial charge in [-0.1, -0.05) is 123 Å². The summed E-state index contributed by atoms with van der Waals surface area (Å²) >= 11 is 0. The Morgan fingerprint density at radius 1 is 1.00 bits per heavy atom. The first-order valence-corrected chi connectivity index (χ1v) is 19.1. The molecule has 0 radical (unpaired) electrons. The van der Waals surface area contributed by atoms with E-state index in [1.54, 1.807) is 0 Å². The maximum absolute atomic E-state index is 12.1. The largest absolute Gasteiger partial charge is 0.391 e. The number of aliphatic hydroxyl groups is 1. The lowest BCUT2D eigenvalue weighted by Crippen LogP contribution is -2.48. The number of rotatable bonds is 13. The second-order valence-electron chi connectivity index (χ2n) is 12.7. The first kappa shape index (κ1) is 48.0. The lowest BCUT2D eigenvalue weighted by atomic mass is 9.91. The summed E-state index contributed by atoms with van der Waals surface area (Å²) in [6, 6.07) is 9.29. The molecule has 0 heterocycles. The molecule has 268 valence electrons. The second-order valence-corrected chi connectivity index (χ2v) is 15.0. The van der Waals surface area contributed by atoms with E-state index in [9.17, 15) is 23.1 Å². The number of benzene rings is 1. The lowest BCUT2D eigenvalue weighted by Gasteiger charge is -2.18. The molecule has 1 aliphatic rings. The number of hydrogen-bond acceptors (Lipinski definition) is 6. The zero-order valence-electron chi connectivity index (χ0n) is 30.6. The topological polar surface area (TPSA) is 139 Å². The molecule has 2 amide bonds. The van der Waals surface area contributed by atoms with Crippen molar-refractivity contribution in [2.24, 2.45) is 23.5 Å². The summed E-state index contributed by atoms with van der Waals surface area (Å²) < 4.78 is 23.1. The zero-order chi connectivity index (χ0) is 36.0. The van der Waals surface area contributed by atoms with Crippen LogP contribution in [0.1, 0.15) is 119 Å². The average molecular weight is 668 g/mol. The Kier molecular flexibility index (Phi) is 32.6. The minimum atomic E-state index is -3.39. The number of terminal acetylenes is 1. The third-order valence-electron chi connectivity index (χ3n) is 6.47. The highest BCUT2D eigenvalue weighted by Gasteiger charge is 2.21. The highest BCUT2D eigenvalue weighted by Crippen LogP contribution is 2.22. The second kappa shape index (κ2) is 31.2. The molecule has 0 spiro atoms. The minimum Gasteiger partial charge on any atom is -0.391 e.